The van der Waals surface area contributed by atoms with E-state index in [4.69, 9.17) is 5.73 Å². The van der Waals surface area contributed by atoms with Crippen molar-refractivity contribution in [2.24, 2.45) is 5.73 Å². The van der Waals surface area contributed by atoms with Gasteiger partial charge in [0.1, 0.15) is 6.04 Å². The Morgan fingerprint density at radius 1 is 1.56 bits per heavy atom. The molecule has 1 rings (SSSR count). The van der Waals surface area contributed by atoms with E-state index in [1.54, 1.807) is 12.5 Å². The van der Waals surface area contributed by atoms with Gasteiger partial charge in [0.15, 0.2) is 0 Å². The summed E-state index contributed by atoms with van der Waals surface area (Å²) in [6.45, 7) is 6.31. The van der Waals surface area contributed by atoms with E-state index in [0.717, 1.165) is 12.1 Å². The van der Waals surface area contributed by atoms with Crippen LogP contribution in [0.2, 0.25) is 0 Å². The van der Waals surface area contributed by atoms with Crippen LogP contribution in [0.5, 0.6) is 0 Å². The lowest BCUT2D eigenvalue weighted by Crippen LogP contribution is -2.36. The Morgan fingerprint density at radius 3 is 2.81 bits per heavy atom. The fourth-order valence-electron chi connectivity index (χ4n) is 1.55. The van der Waals surface area contributed by atoms with Crippen molar-refractivity contribution >= 4 is 5.91 Å². The first-order valence-electron chi connectivity index (χ1n) is 5.57. The number of carbonyl (C=O) groups is 1. The highest BCUT2D eigenvalue weighted by Gasteiger charge is 2.17. The Bertz CT molecular complexity index is 346. The predicted octanol–water partition coefficient (Wildman–Crippen LogP) is 0.470. The van der Waals surface area contributed by atoms with Crippen molar-refractivity contribution in [1.82, 2.24) is 14.9 Å². The smallest absolute Gasteiger partial charge is 0.243 e. The van der Waals surface area contributed by atoms with E-state index in [2.05, 4.69) is 10.3 Å². The third-order valence-electron chi connectivity index (χ3n) is 2.37. The molecule has 0 spiro atoms. The quantitative estimate of drug-likeness (QED) is 0.763. The van der Waals surface area contributed by atoms with Crippen molar-refractivity contribution in [2.45, 2.75) is 39.3 Å². The summed E-state index contributed by atoms with van der Waals surface area (Å²) in [4.78, 5) is 15.9. The molecule has 0 aliphatic carbocycles. The Labute approximate surface area is 96.0 Å². The number of hydrogen-bond acceptors (Lipinski definition) is 3. The summed E-state index contributed by atoms with van der Waals surface area (Å²) in [5, 5.41) is 2.88. The van der Waals surface area contributed by atoms with Crippen molar-refractivity contribution in [1.29, 1.82) is 0 Å². The maximum Gasteiger partial charge on any atom is 0.243 e. The van der Waals surface area contributed by atoms with E-state index in [1.165, 1.54) is 0 Å². The van der Waals surface area contributed by atoms with Gasteiger partial charge in [-0.2, -0.15) is 0 Å². The van der Waals surface area contributed by atoms with E-state index in [0.29, 0.717) is 6.54 Å². The van der Waals surface area contributed by atoms with Gasteiger partial charge >= 0.3 is 0 Å². The topological polar surface area (TPSA) is 72.9 Å². The largest absolute Gasteiger partial charge is 0.352 e. The summed E-state index contributed by atoms with van der Waals surface area (Å²) in [5.41, 5.74) is 6.50. The zero-order valence-corrected chi connectivity index (χ0v) is 10.1. The molecule has 0 radical (unpaired) electrons. The van der Waals surface area contributed by atoms with Gasteiger partial charge in [-0.1, -0.05) is 0 Å². The van der Waals surface area contributed by atoms with Gasteiger partial charge in [0.05, 0.1) is 6.33 Å². The summed E-state index contributed by atoms with van der Waals surface area (Å²) in [7, 11) is 0. The van der Waals surface area contributed by atoms with Crippen LogP contribution < -0.4 is 11.1 Å². The average Bonchev–Trinajstić information content (AvgIpc) is 2.64. The zero-order chi connectivity index (χ0) is 12.1. The molecule has 0 fully saturated rings. The van der Waals surface area contributed by atoms with E-state index < -0.39 is 0 Å². The molecule has 1 amide bonds. The summed E-state index contributed by atoms with van der Waals surface area (Å²) in [5.74, 6) is 0.00581. The minimum atomic E-state index is -0.244. The van der Waals surface area contributed by atoms with Crippen LogP contribution in [0, 0.1) is 0 Å². The van der Waals surface area contributed by atoms with Crippen molar-refractivity contribution in [2.75, 3.05) is 6.54 Å². The Hall–Kier alpha value is -1.36. The fraction of sp³-hybridized carbons (Fsp3) is 0.636. The van der Waals surface area contributed by atoms with Crippen LogP contribution in [0.4, 0.5) is 0 Å². The fourth-order valence-corrected chi connectivity index (χ4v) is 1.55. The molecule has 1 unspecified atom stereocenters. The number of hydrogen-bond donors (Lipinski definition) is 2. The van der Waals surface area contributed by atoms with Gasteiger partial charge in [0.2, 0.25) is 5.91 Å². The monoisotopic (exact) mass is 224 g/mol. The highest BCUT2D eigenvalue weighted by molar-refractivity contribution is 5.80. The van der Waals surface area contributed by atoms with Gasteiger partial charge in [-0.05, 0) is 27.3 Å². The number of nitrogens with one attached hydrogen (secondary N) is 1. The zero-order valence-electron chi connectivity index (χ0n) is 10.1. The van der Waals surface area contributed by atoms with Crippen LogP contribution in [-0.2, 0) is 11.2 Å². The maximum absolute atomic E-state index is 11.8. The molecule has 0 aliphatic heterocycles. The lowest BCUT2D eigenvalue weighted by atomic mass is 10.2. The standard InChI is InChI=1S/C11H20N4O/c1-8(2)14-11(16)9(3)15-7-13-6-10(15)4-5-12/h6-9H,4-5,12H2,1-3H3,(H,14,16). The SMILES string of the molecule is CC(C)NC(=O)C(C)n1cncc1CCN. The minimum Gasteiger partial charge on any atom is -0.352 e. The normalized spacial score (nSPS) is 12.8. The number of imidazole rings is 1. The van der Waals surface area contributed by atoms with E-state index >= 15 is 0 Å². The van der Waals surface area contributed by atoms with Crippen LogP contribution in [0.25, 0.3) is 0 Å². The van der Waals surface area contributed by atoms with E-state index in [1.807, 2.05) is 25.3 Å². The summed E-state index contributed by atoms with van der Waals surface area (Å²) in [6.07, 6.45) is 4.17. The number of nitrogens with two attached hydrogens (primary N) is 1. The number of nitrogens with zero attached hydrogens (tertiary/aromatic N) is 2. The highest BCUT2D eigenvalue weighted by Crippen LogP contribution is 2.10. The first-order chi connectivity index (χ1) is 7.56. The molecular weight excluding hydrogens is 204 g/mol. The number of aromatic nitrogens is 2. The van der Waals surface area contributed by atoms with Crippen LogP contribution in [0.15, 0.2) is 12.5 Å². The number of amides is 1. The predicted molar refractivity (Wildman–Crippen MR) is 63.0 cm³/mol. The molecule has 1 aromatic rings. The maximum atomic E-state index is 11.8. The third kappa shape index (κ3) is 3.06. The molecule has 1 atom stereocenters. The van der Waals surface area contributed by atoms with Crippen LogP contribution >= 0.6 is 0 Å². The summed E-state index contributed by atoms with van der Waals surface area (Å²) < 4.78 is 1.87. The second-order valence-corrected chi connectivity index (χ2v) is 4.17. The van der Waals surface area contributed by atoms with Crippen molar-refractivity contribution in [3.8, 4) is 0 Å². The second kappa shape index (κ2) is 5.65. The van der Waals surface area contributed by atoms with Gasteiger partial charge in [0, 0.05) is 24.4 Å². The Kier molecular flexibility index (Phi) is 4.49. The van der Waals surface area contributed by atoms with Gasteiger partial charge in [-0.15, -0.1) is 0 Å². The highest BCUT2D eigenvalue weighted by atomic mass is 16.2. The first-order valence-corrected chi connectivity index (χ1v) is 5.57. The summed E-state index contributed by atoms with van der Waals surface area (Å²) >= 11 is 0. The van der Waals surface area contributed by atoms with Gasteiger partial charge < -0.3 is 15.6 Å². The number of rotatable bonds is 5. The molecule has 1 heterocycles. The molecule has 90 valence electrons. The second-order valence-electron chi connectivity index (χ2n) is 4.17. The lowest BCUT2D eigenvalue weighted by Gasteiger charge is -2.17. The Morgan fingerprint density at radius 2 is 2.25 bits per heavy atom. The molecule has 0 aliphatic rings. The van der Waals surface area contributed by atoms with Crippen LogP contribution in [-0.4, -0.2) is 28.0 Å². The lowest BCUT2D eigenvalue weighted by molar-refractivity contribution is -0.124. The molecule has 3 N–H and O–H groups in total. The molecule has 0 saturated heterocycles. The number of carbonyl (C=O) groups excluding carboxylic acids is 1. The van der Waals surface area contributed by atoms with Crippen molar-refractivity contribution < 1.29 is 4.79 Å². The van der Waals surface area contributed by atoms with Gasteiger partial charge in [-0.25, -0.2) is 4.98 Å². The Balaban J connectivity index is 2.75. The molecular formula is C11H20N4O. The van der Waals surface area contributed by atoms with Crippen LogP contribution in [0.1, 0.15) is 32.5 Å². The molecule has 5 nitrogen and oxygen atoms in total. The molecule has 5 heteroatoms. The summed E-state index contributed by atoms with van der Waals surface area (Å²) in [6, 6.07) is -0.0946. The van der Waals surface area contributed by atoms with Gasteiger partial charge in [-0.3, -0.25) is 4.79 Å². The molecule has 0 bridgehead atoms. The third-order valence-corrected chi connectivity index (χ3v) is 2.37. The van der Waals surface area contributed by atoms with Crippen LogP contribution in [0.3, 0.4) is 0 Å². The van der Waals surface area contributed by atoms with E-state index in [9.17, 15) is 4.79 Å². The van der Waals surface area contributed by atoms with Crippen molar-refractivity contribution in [3.63, 3.8) is 0 Å². The molecule has 16 heavy (non-hydrogen) atoms. The molecule has 0 saturated carbocycles. The molecule has 0 aromatic carbocycles. The average molecular weight is 224 g/mol. The first kappa shape index (κ1) is 12.7. The van der Waals surface area contributed by atoms with E-state index in [-0.39, 0.29) is 18.0 Å². The van der Waals surface area contributed by atoms with Crippen molar-refractivity contribution in [3.05, 3.63) is 18.2 Å². The van der Waals surface area contributed by atoms with Gasteiger partial charge in [0.25, 0.3) is 0 Å². The molecule has 1 aromatic heterocycles. The minimum absolute atomic E-state index is 0.00581.